The van der Waals surface area contributed by atoms with E-state index in [2.05, 4.69) is 4.99 Å². The van der Waals surface area contributed by atoms with Gasteiger partial charge >= 0.3 is 0 Å². The molecule has 1 amide bonds. The summed E-state index contributed by atoms with van der Waals surface area (Å²) < 4.78 is 42.6. The van der Waals surface area contributed by atoms with Crippen LogP contribution in [0, 0.1) is 5.82 Å². The summed E-state index contributed by atoms with van der Waals surface area (Å²) >= 11 is 1.30. The molecule has 3 aliphatic rings. The molecule has 3 aliphatic heterocycles. The molecule has 0 aromatic heterocycles. The second kappa shape index (κ2) is 6.37. The first-order valence-corrected chi connectivity index (χ1v) is 10.8. The zero-order valence-corrected chi connectivity index (χ0v) is 14.9. The number of nitrogens with zero attached hydrogens (tertiary/aromatic N) is 2. The van der Waals surface area contributed by atoms with E-state index in [1.54, 1.807) is 17.0 Å². The number of carbonyl (C=O) groups is 1. The lowest BCUT2D eigenvalue weighted by Crippen LogP contribution is -2.38. The summed E-state index contributed by atoms with van der Waals surface area (Å²) in [5, 5.41) is 0.295. The van der Waals surface area contributed by atoms with Gasteiger partial charge in [-0.3, -0.25) is 4.79 Å². The Kier molecular flexibility index (Phi) is 4.33. The van der Waals surface area contributed by atoms with Crippen LogP contribution in [0.25, 0.3) is 0 Å². The quantitative estimate of drug-likeness (QED) is 0.771. The molecule has 3 fully saturated rings. The number of carbonyl (C=O) groups excluding carboxylic acids is 1. The second-order valence-electron chi connectivity index (χ2n) is 6.38. The number of halogens is 1. The zero-order valence-electron chi connectivity index (χ0n) is 13.3. The third-order valence-electron chi connectivity index (χ3n) is 4.58. The minimum atomic E-state index is -3.12. The molecule has 0 saturated carbocycles. The van der Waals surface area contributed by atoms with Crippen LogP contribution < -0.4 is 4.90 Å². The van der Waals surface area contributed by atoms with Gasteiger partial charge < -0.3 is 9.64 Å². The molecular formula is C16H17FN2O4S2. The lowest BCUT2D eigenvalue weighted by Gasteiger charge is -2.24. The Morgan fingerprint density at radius 2 is 2.04 bits per heavy atom. The van der Waals surface area contributed by atoms with Gasteiger partial charge in [0.25, 0.3) is 5.91 Å². The molecule has 4 rings (SSSR count). The van der Waals surface area contributed by atoms with Gasteiger partial charge in [-0.25, -0.2) is 12.8 Å². The number of ether oxygens (including phenoxy) is 1. The van der Waals surface area contributed by atoms with Crippen LogP contribution in [0.5, 0.6) is 0 Å². The standard InChI is InChI=1S/C16H17FN2O4S2/c17-10-3-5-11(6-4-10)19-12-8-25(21,22)9-14(12)24-16(19)18-15(20)13-2-1-7-23-13/h3-6,12-14H,1-2,7-9H2/t12-,13+,14-/m1/s1. The summed E-state index contributed by atoms with van der Waals surface area (Å²) in [5.74, 6) is -0.641. The maximum absolute atomic E-state index is 13.3. The summed E-state index contributed by atoms with van der Waals surface area (Å²) in [6, 6.07) is 5.49. The summed E-state index contributed by atoms with van der Waals surface area (Å²) in [4.78, 5) is 18.3. The average Bonchev–Trinajstić information content (AvgIpc) is 3.23. The number of rotatable bonds is 2. The number of fused-ring (bicyclic) bond motifs is 1. The minimum Gasteiger partial charge on any atom is -0.368 e. The van der Waals surface area contributed by atoms with Crippen LogP contribution in [0.15, 0.2) is 29.3 Å². The van der Waals surface area contributed by atoms with Crippen LogP contribution in [0.4, 0.5) is 10.1 Å². The predicted molar refractivity (Wildman–Crippen MR) is 94.1 cm³/mol. The first-order chi connectivity index (χ1) is 11.9. The largest absolute Gasteiger partial charge is 0.368 e. The highest BCUT2D eigenvalue weighted by Crippen LogP contribution is 2.41. The fourth-order valence-corrected chi connectivity index (χ4v) is 7.33. The Balaban J connectivity index is 1.68. The van der Waals surface area contributed by atoms with E-state index in [0.29, 0.717) is 23.9 Å². The molecule has 3 saturated heterocycles. The third-order valence-corrected chi connectivity index (χ3v) is 7.79. The van der Waals surface area contributed by atoms with Crippen molar-refractivity contribution < 1.29 is 22.3 Å². The summed E-state index contributed by atoms with van der Waals surface area (Å²) in [7, 11) is -3.12. The van der Waals surface area contributed by atoms with Crippen LogP contribution in [0.3, 0.4) is 0 Å². The average molecular weight is 384 g/mol. The number of benzene rings is 1. The lowest BCUT2D eigenvalue weighted by atomic mass is 10.2. The van der Waals surface area contributed by atoms with Gasteiger partial charge in [-0.15, -0.1) is 0 Å². The van der Waals surface area contributed by atoms with Gasteiger partial charge in [-0.05, 0) is 37.1 Å². The Labute approximate surface area is 149 Å². The molecule has 1 aromatic rings. The SMILES string of the molecule is O=C(N=C1S[C@@H]2CS(=O)(=O)C[C@H]2N1c1ccc(F)cc1)[C@@H]1CCCO1. The summed E-state index contributed by atoms with van der Waals surface area (Å²) in [6.45, 7) is 0.555. The molecule has 1 aromatic carbocycles. The van der Waals surface area contributed by atoms with Gasteiger partial charge in [0.05, 0.1) is 17.5 Å². The number of hydrogen-bond acceptors (Lipinski definition) is 5. The van der Waals surface area contributed by atoms with Crippen molar-refractivity contribution in [1.29, 1.82) is 0 Å². The van der Waals surface area contributed by atoms with Gasteiger partial charge in [0.15, 0.2) is 15.0 Å². The van der Waals surface area contributed by atoms with Crippen LogP contribution in [0.1, 0.15) is 12.8 Å². The molecule has 134 valence electrons. The van der Waals surface area contributed by atoms with Crippen molar-refractivity contribution in [1.82, 2.24) is 0 Å². The second-order valence-corrected chi connectivity index (χ2v) is 9.74. The van der Waals surface area contributed by atoms with E-state index in [-0.39, 0.29) is 34.5 Å². The van der Waals surface area contributed by atoms with Crippen molar-refractivity contribution in [2.45, 2.75) is 30.2 Å². The van der Waals surface area contributed by atoms with Crippen LogP contribution in [-0.4, -0.2) is 55.0 Å². The van der Waals surface area contributed by atoms with Crippen molar-refractivity contribution in [3.63, 3.8) is 0 Å². The number of amides is 1. The van der Waals surface area contributed by atoms with Gasteiger partial charge in [0.1, 0.15) is 11.9 Å². The van der Waals surface area contributed by atoms with Crippen LogP contribution >= 0.6 is 11.8 Å². The molecular weight excluding hydrogens is 367 g/mol. The van der Waals surface area contributed by atoms with E-state index in [0.717, 1.165) is 6.42 Å². The van der Waals surface area contributed by atoms with Crippen molar-refractivity contribution in [2.75, 3.05) is 23.0 Å². The zero-order chi connectivity index (χ0) is 17.6. The summed E-state index contributed by atoms with van der Waals surface area (Å²) in [5.41, 5.74) is 0.636. The van der Waals surface area contributed by atoms with E-state index in [1.807, 2.05) is 0 Å². The van der Waals surface area contributed by atoms with Gasteiger partial charge in [0, 0.05) is 17.5 Å². The molecule has 3 atom stereocenters. The molecule has 0 radical (unpaired) electrons. The van der Waals surface area contributed by atoms with Crippen molar-refractivity contribution in [2.24, 2.45) is 4.99 Å². The monoisotopic (exact) mass is 384 g/mol. The Morgan fingerprint density at radius 1 is 1.28 bits per heavy atom. The smallest absolute Gasteiger partial charge is 0.277 e. The van der Waals surface area contributed by atoms with E-state index in [9.17, 15) is 17.6 Å². The van der Waals surface area contributed by atoms with Crippen LogP contribution in [0.2, 0.25) is 0 Å². The molecule has 0 spiro atoms. The molecule has 0 aliphatic carbocycles. The fraction of sp³-hybridized carbons (Fsp3) is 0.500. The minimum absolute atomic E-state index is 0.00911. The van der Waals surface area contributed by atoms with E-state index in [1.165, 1.54) is 23.9 Å². The molecule has 9 heteroatoms. The number of sulfone groups is 1. The van der Waals surface area contributed by atoms with E-state index < -0.39 is 15.9 Å². The highest BCUT2D eigenvalue weighted by Gasteiger charge is 2.49. The Morgan fingerprint density at radius 3 is 2.72 bits per heavy atom. The molecule has 3 heterocycles. The Bertz CT molecular complexity index is 819. The highest BCUT2D eigenvalue weighted by molar-refractivity contribution is 8.16. The maximum atomic E-state index is 13.3. The lowest BCUT2D eigenvalue weighted by molar-refractivity contribution is -0.126. The highest BCUT2D eigenvalue weighted by atomic mass is 32.2. The van der Waals surface area contributed by atoms with Crippen molar-refractivity contribution in [3.05, 3.63) is 30.1 Å². The molecule has 25 heavy (non-hydrogen) atoms. The topological polar surface area (TPSA) is 76.0 Å². The molecule has 0 unspecified atom stereocenters. The third kappa shape index (κ3) is 3.32. The van der Waals surface area contributed by atoms with E-state index >= 15 is 0 Å². The van der Waals surface area contributed by atoms with Gasteiger partial charge in [-0.2, -0.15) is 4.99 Å². The maximum Gasteiger partial charge on any atom is 0.277 e. The molecule has 0 N–H and O–H groups in total. The normalized spacial score (nSPS) is 32.3. The van der Waals surface area contributed by atoms with Gasteiger partial charge in [0.2, 0.25) is 0 Å². The van der Waals surface area contributed by atoms with E-state index in [4.69, 9.17) is 4.74 Å². The predicted octanol–water partition coefficient (Wildman–Crippen LogP) is 1.61. The van der Waals surface area contributed by atoms with Gasteiger partial charge in [-0.1, -0.05) is 11.8 Å². The fourth-order valence-electron chi connectivity index (χ4n) is 3.41. The summed E-state index contributed by atoms with van der Waals surface area (Å²) in [6.07, 6.45) is 0.963. The first-order valence-electron chi connectivity index (χ1n) is 8.09. The number of anilines is 1. The first kappa shape index (κ1) is 17.0. The molecule has 6 nitrogen and oxygen atoms in total. The number of hydrogen-bond donors (Lipinski definition) is 0. The Hall–Kier alpha value is -1.45. The van der Waals surface area contributed by atoms with Crippen LogP contribution in [-0.2, 0) is 19.4 Å². The van der Waals surface area contributed by atoms with Crippen molar-refractivity contribution in [3.8, 4) is 0 Å². The van der Waals surface area contributed by atoms with Crippen molar-refractivity contribution >= 4 is 38.4 Å². The number of amidine groups is 1. The number of aliphatic imine (C=N–C) groups is 1. The number of thioether (sulfide) groups is 1. The molecule has 0 bridgehead atoms.